The molecule has 0 unspecified atom stereocenters. The summed E-state index contributed by atoms with van der Waals surface area (Å²) < 4.78 is 0. The Labute approximate surface area is 192 Å². The fraction of sp³-hybridized carbons (Fsp3) is 0.185. The van der Waals surface area contributed by atoms with Crippen LogP contribution in [0.15, 0.2) is 89.9 Å². The second-order valence-electron chi connectivity index (χ2n) is 8.16. The molecular weight excluding hydrogens is 412 g/mol. The van der Waals surface area contributed by atoms with Gasteiger partial charge in [-0.2, -0.15) is 0 Å². The number of hydrogen-bond acceptors (Lipinski definition) is 4. The third kappa shape index (κ3) is 4.32. The minimum atomic E-state index is -0.208. The highest BCUT2D eigenvalue weighted by molar-refractivity contribution is 5.94. The maximum Gasteiger partial charge on any atom is 0.256 e. The Morgan fingerprint density at radius 3 is 2.24 bits per heavy atom. The summed E-state index contributed by atoms with van der Waals surface area (Å²) in [6, 6.07) is 25.6. The van der Waals surface area contributed by atoms with Gasteiger partial charge in [-0.15, -0.1) is 0 Å². The highest BCUT2D eigenvalue weighted by Crippen LogP contribution is 2.31. The second-order valence-corrected chi connectivity index (χ2v) is 8.16. The van der Waals surface area contributed by atoms with Crippen LogP contribution in [0.25, 0.3) is 11.5 Å². The molecule has 0 aliphatic carbocycles. The molecule has 1 aliphatic heterocycles. The van der Waals surface area contributed by atoms with Crippen LogP contribution in [0.1, 0.15) is 35.4 Å². The summed E-state index contributed by atoms with van der Waals surface area (Å²) in [6.07, 6.45) is 3.28. The van der Waals surface area contributed by atoms with Gasteiger partial charge in [-0.1, -0.05) is 66.7 Å². The SMILES string of the molecule is O=C(CC(c1ccccc1)c1ccccc1)N1CCCc2c1nc(-c1ccccn1)[nH]c2=O. The smallest absolute Gasteiger partial charge is 0.256 e. The van der Waals surface area contributed by atoms with E-state index >= 15 is 0 Å². The molecule has 6 heteroatoms. The Balaban J connectivity index is 1.51. The number of hydrogen-bond donors (Lipinski definition) is 1. The molecule has 164 valence electrons. The van der Waals surface area contributed by atoms with E-state index in [2.05, 4.69) is 39.2 Å². The van der Waals surface area contributed by atoms with Crippen molar-refractivity contribution in [1.82, 2.24) is 15.0 Å². The van der Waals surface area contributed by atoms with E-state index in [1.807, 2.05) is 48.5 Å². The number of carbonyl (C=O) groups is 1. The quantitative estimate of drug-likeness (QED) is 0.505. The predicted molar refractivity (Wildman–Crippen MR) is 128 cm³/mol. The number of aromatic amines is 1. The van der Waals surface area contributed by atoms with Crippen molar-refractivity contribution in [1.29, 1.82) is 0 Å². The first-order chi connectivity index (χ1) is 16.2. The molecule has 0 fully saturated rings. The lowest BCUT2D eigenvalue weighted by atomic mass is 9.88. The highest BCUT2D eigenvalue weighted by atomic mass is 16.2. The largest absolute Gasteiger partial charge is 0.305 e. The summed E-state index contributed by atoms with van der Waals surface area (Å²) in [6.45, 7) is 0.542. The van der Waals surface area contributed by atoms with Crippen LogP contribution >= 0.6 is 0 Å². The summed E-state index contributed by atoms with van der Waals surface area (Å²) in [5, 5.41) is 0. The number of fused-ring (bicyclic) bond motifs is 1. The summed E-state index contributed by atoms with van der Waals surface area (Å²) in [7, 11) is 0. The number of rotatable bonds is 5. The van der Waals surface area contributed by atoms with E-state index in [1.54, 1.807) is 17.2 Å². The van der Waals surface area contributed by atoms with Gasteiger partial charge in [0.1, 0.15) is 11.5 Å². The molecule has 6 nitrogen and oxygen atoms in total. The number of pyridine rings is 1. The molecule has 0 saturated carbocycles. The van der Waals surface area contributed by atoms with Crippen LogP contribution < -0.4 is 10.5 Å². The van der Waals surface area contributed by atoms with Crippen LogP contribution in [0, 0.1) is 0 Å². The number of H-pyrrole nitrogens is 1. The van der Waals surface area contributed by atoms with Crippen LogP contribution in [0.5, 0.6) is 0 Å². The van der Waals surface area contributed by atoms with E-state index < -0.39 is 0 Å². The third-order valence-electron chi connectivity index (χ3n) is 6.05. The molecule has 1 aliphatic rings. The van der Waals surface area contributed by atoms with Crippen molar-refractivity contribution in [2.24, 2.45) is 0 Å². The lowest BCUT2D eigenvalue weighted by molar-refractivity contribution is -0.119. The highest BCUT2D eigenvalue weighted by Gasteiger charge is 2.29. The molecule has 1 N–H and O–H groups in total. The normalized spacial score (nSPS) is 13.1. The fourth-order valence-corrected chi connectivity index (χ4v) is 4.40. The molecule has 4 aromatic rings. The third-order valence-corrected chi connectivity index (χ3v) is 6.05. The van der Waals surface area contributed by atoms with Crippen molar-refractivity contribution >= 4 is 11.7 Å². The van der Waals surface area contributed by atoms with E-state index in [0.29, 0.717) is 42.3 Å². The summed E-state index contributed by atoms with van der Waals surface area (Å²) in [5.74, 6) is 0.707. The molecule has 0 saturated heterocycles. The number of carbonyl (C=O) groups excluding carboxylic acids is 1. The summed E-state index contributed by atoms with van der Waals surface area (Å²) >= 11 is 0. The summed E-state index contributed by atoms with van der Waals surface area (Å²) in [4.78, 5) is 40.0. The van der Waals surface area contributed by atoms with Gasteiger partial charge in [0, 0.05) is 25.1 Å². The lowest BCUT2D eigenvalue weighted by Gasteiger charge is -2.29. The zero-order chi connectivity index (χ0) is 22.6. The molecule has 33 heavy (non-hydrogen) atoms. The minimum Gasteiger partial charge on any atom is -0.305 e. The number of nitrogens with one attached hydrogen (secondary N) is 1. The second kappa shape index (κ2) is 9.20. The molecule has 3 heterocycles. The number of benzene rings is 2. The zero-order valence-corrected chi connectivity index (χ0v) is 18.1. The average molecular weight is 437 g/mol. The van der Waals surface area contributed by atoms with Crippen molar-refractivity contribution < 1.29 is 4.79 Å². The first-order valence-corrected chi connectivity index (χ1v) is 11.2. The molecule has 1 amide bonds. The van der Waals surface area contributed by atoms with Gasteiger partial charge in [-0.25, -0.2) is 4.98 Å². The predicted octanol–water partition coefficient (Wildman–Crippen LogP) is 4.33. The Bertz CT molecular complexity index is 1270. The average Bonchev–Trinajstić information content (AvgIpc) is 2.88. The first kappa shape index (κ1) is 20.8. The molecule has 2 aromatic heterocycles. The maximum absolute atomic E-state index is 13.6. The maximum atomic E-state index is 13.6. The topological polar surface area (TPSA) is 79.0 Å². The number of amides is 1. The van der Waals surface area contributed by atoms with Gasteiger partial charge in [0.25, 0.3) is 5.56 Å². The van der Waals surface area contributed by atoms with Crippen molar-refractivity contribution in [2.75, 3.05) is 11.4 Å². The molecular formula is C27H24N4O2. The van der Waals surface area contributed by atoms with E-state index in [4.69, 9.17) is 0 Å². The number of nitrogens with zero attached hydrogens (tertiary/aromatic N) is 3. The standard InChI is InChI=1S/C27H24N4O2/c32-24(18-22(19-10-3-1-4-11-19)20-12-5-2-6-13-20)31-17-9-14-21-26(31)29-25(30-27(21)33)23-15-7-8-16-28-23/h1-8,10-13,15-16,22H,9,14,17-18H2,(H,29,30,33). The van der Waals surface area contributed by atoms with Crippen molar-refractivity contribution in [3.63, 3.8) is 0 Å². The zero-order valence-electron chi connectivity index (χ0n) is 18.1. The van der Waals surface area contributed by atoms with Crippen LogP contribution in [0.2, 0.25) is 0 Å². The number of anilines is 1. The van der Waals surface area contributed by atoms with E-state index in [9.17, 15) is 9.59 Å². The molecule has 0 spiro atoms. The van der Waals surface area contributed by atoms with Crippen molar-refractivity contribution in [3.8, 4) is 11.5 Å². The Kier molecular flexibility index (Phi) is 5.81. The minimum absolute atomic E-state index is 0.0428. The van der Waals surface area contributed by atoms with Gasteiger partial charge in [0.15, 0.2) is 5.82 Å². The van der Waals surface area contributed by atoms with E-state index in [0.717, 1.165) is 17.5 Å². The Morgan fingerprint density at radius 2 is 1.61 bits per heavy atom. The van der Waals surface area contributed by atoms with Gasteiger partial charge in [-0.05, 0) is 36.1 Å². The van der Waals surface area contributed by atoms with E-state index in [1.165, 1.54) is 0 Å². The van der Waals surface area contributed by atoms with E-state index in [-0.39, 0.29) is 17.4 Å². The molecule has 2 aromatic carbocycles. The molecule has 0 radical (unpaired) electrons. The van der Waals surface area contributed by atoms with Gasteiger partial charge in [-0.3, -0.25) is 19.5 Å². The molecule has 0 atom stereocenters. The molecule has 5 rings (SSSR count). The van der Waals surface area contributed by atoms with Crippen molar-refractivity contribution in [3.05, 3.63) is 112 Å². The molecule has 0 bridgehead atoms. The first-order valence-electron chi connectivity index (χ1n) is 11.2. The monoisotopic (exact) mass is 436 g/mol. The van der Waals surface area contributed by atoms with Crippen LogP contribution in [-0.2, 0) is 11.2 Å². The van der Waals surface area contributed by atoms with Crippen LogP contribution in [-0.4, -0.2) is 27.4 Å². The summed E-state index contributed by atoms with van der Waals surface area (Å²) in [5.41, 5.74) is 3.09. The van der Waals surface area contributed by atoms with Gasteiger partial charge >= 0.3 is 0 Å². The number of aromatic nitrogens is 3. The van der Waals surface area contributed by atoms with Crippen LogP contribution in [0.3, 0.4) is 0 Å². The van der Waals surface area contributed by atoms with Gasteiger partial charge in [0.2, 0.25) is 5.91 Å². The lowest BCUT2D eigenvalue weighted by Crippen LogP contribution is -2.39. The van der Waals surface area contributed by atoms with Gasteiger partial charge in [0.05, 0.1) is 5.56 Å². The van der Waals surface area contributed by atoms with Crippen LogP contribution in [0.4, 0.5) is 5.82 Å². The Hall–Kier alpha value is -4.06. The van der Waals surface area contributed by atoms with Gasteiger partial charge < -0.3 is 4.98 Å². The van der Waals surface area contributed by atoms with Crippen molar-refractivity contribution in [2.45, 2.75) is 25.2 Å². The fourth-order valence-electron chi connectivity index (χ4n) is 4.40. The Morgan fingerprint density at radius 1 is 0.939 bits per heavy atom.